The molecule has 0 saturated heterocycles. The van der Waals surface area contributed by atoms with E-state index in [9.17, 15) is 8.42 Å². The van der Waals surface area contributed by atoms with E-state index in [2.05, 4.69) is 9.97 Å². The molecule has 2 aromatic heterocycles. The molecular formula is C13H15N3O3S. The second-order valence-corrected chi connectivity index (χ2v) is 6.17. The van der Waals surface area contributed by atoms with E-state index in [1.165, 1.54) is 36.9 Å². The third-order valence-electron chi connectivity index (χ3n) is 2.78. The van der Waals surface area contributed by atoms with Gasteiger partial charge < -0.3 is 4.74 Å². The van der Waals surface area contributed by atoms with E-state index >= 15 is 0 Å². The Labute approximate surface area is 118 Å². The Morgan fingerprint density at radius 1 is 1.25 bits per heavy atom. The first-order valence-corrected chi connectivity index (χ1v) is 7.34. The zero-order valence-electron chi connectivity index (χ0n) is 11.2. The quantitative estimate of drug-likeness (QED) is 0.831. The normalized spacial score (nSPS) is 11.6. The monoisotopic (exact) mass is 293 g/mol. The van der Waals surface area contributed by atoms with Gasteiger partial charge in [0.15, 0.2) is 0 Å². The fourth-order valence-electron chi connectivity index (χ4n) is 1.73. The number of aromatic nitrogens is 2. The molecule has 0 aromatic carbocycles. The Hall–Kier alpha value is -1.99. The van der Waals surface area contributed by atoms with Crippen LogP contribution in [0.1, 0.15) is 5.56 Å². The molecule has 20 heavy (non-hydrogen) atoms. The summed E-state index contributed by atoms with van der Waals surface area (Å²) in [6, 6.07) is 6.62. The third kappa shape index (κ3) is 2.94. The minimum atomic E-state index is -3.57. The van der Waals surface area contributed by atoms with Crippen molar-refractivity contribution in [3.63, 3.8) is 0 Å². The molecule has 0 aliphatic carbocycles. The molecule has 0 aliphatic heterocycles. The number of methoxy groups -OCH3 is 1. The first-order valence-electron chi connectivity index (χ1n) is 5.90. The van der Waals surface area contributed by atoms with E-state index in [0.29, 0.717) is 11.4 Å². The van der Waals surface area contributed by atoms with Gasteiger partial charge in [-0.3, -0.25) is 4.98 Å². The van der Waals surface area contributed by atoms with E-state index in [-0.39, 0.29) is 11.4 Å². The Morgan fingerprint density at radius 3 is 2.65 bits per heavy atom. The molecule has 106 valence electrons. The molecule has 0 spiro atoms. The Balaban J connectivity index is 2.26. The van der Waals surface area contributed by atoms with Gasteiger partial charge in [-0.15, -0.1) is 0 Å². The minimum absolute atomic E-state index is 0.158. The van der Waals surface area contributed by atoms with Crippen LogP contribution in [0.2, 0.25) is 0 Å². The Bertz CT molecular complexity index is 674. The molecule has 0 N–H and O–H groups in total. The van der Waals surface area contributed by atoms with E-state index in [0.717, 1.165) is 0 Å². The van der Waals surface area contributed by atoms with Crippen LogP contribution in [0.15, 0.2) is 47.8 Å². The molecule has 0 radical (unpaired) electrons. The van der Waals surface area contributed by atoms with Gasteiger partial charge in [0, 0.05) is 37.7 Å². The summed E-state index contributed by atoms with van der Waals surface area (Å²) in [4.78, 5) is 8.04. The molecule has 0 amide bonds. The number of hydrogen-bond acceptors (Lipinski definition) is 5. The summed E-state index contributed by atoms with van der Waals surface area (Å²) < 4.78 is 31.1. The smallest absolute Gasteiger partial charge is 0.244 e. The van der Waals surface area contributed by atoms with E-state index < -0.39 is 10.0 Å². The zero-order chi connectivity index (χ0) is 14.6. The average Bonchev–Trinajstić information content (AvgIpc) is 2.48. The number of ether oxygens (including phenoxy) is 1. The number of hydrogen-bond donors (Lipinski definition) is 0. The maximum Gasteiger partial charge on any atom is 0.244 e. The molecule has 0 atom stereocenters. The lowest BCUT2D eigenvalue weighted by atomic mass is 10.3. The molecule has 2 rings (SSSR count). The van der Waals surface area contributed by atoms with E-state index in [4.69, 9.17) is 4.74 Å². The van der Waals surface area contributed by atoms with Crippen LogP contribution in [0.4, 0.5) is 0 Å². The molecule has 2 heterocycles. The molecule has 0 fully saturated rings. The van der Waals surface area contributed by atoms with Crippen molar-refractivity contribution in [1.82, 2.24) is 14.3 Å². The topological polar surface area (TPSA) is 72.4 Å². The van der Waals surface area contributed by atoms with Crippen LogP contribution >= 0.6 is 0 Å². The summed E-state index contributed by atoms with van der Waals surface area (Å²) >= 11 is 0. The van der Waals surface area contributed by atoms with Crippen molar-refractivity contribution < 1.29 is 13.2 Å². The lowest BCUT2D eigenvalue weighted by Gasteiger charge is -2.17. The van der Waals surface area contributed by atoms with Crippen molar-refractivity contribution in [2.45, 2.75) is 11.4 Å². The standard InChI is InChI=1S/C13H15N3O3S/c1-16(10-11-5-3-8-15-13(11)19-2)20(17,18)12-6-4-7-14-9-12/h3-9H,10H2,1-2H3. The fraction of sp³-hybridized carbons (Fsp3) is 0.231. The molecule has 2 aromatic rings. The maximum atomic E-state index is 12.4. The first-order chi connectivity index (χ1) is 9.55. The van der Waals surface area contributed by atoms with E-state index in [1.54, 1.807) is 24.4 Å². The van der Waals surface area contributed by atoms with Gasteiger partial charge in [0.1, 0.15) is 4.90 Å². The van der Waals surface area contributed by atoms with Crippen molar-refractivity contribution in [1.29, 1.82) is 0 Å². The maximum absolute atomic E-state index is 12.4. The Morgan fingerprint density at radius 2 is 2.00 bits per heavy atom. The predicted octanol–water partition coefficient (Wildman–Crippen LogP) is 1.31. The summed E-state index contributed by atoms with van der Waals surface area (Å²) in [6.07, 6.45) is 4.45. The molecule has 7 heteroatoms. The van der Waals surface area contributed by atoms with Crippen LogP contribution in [-0.4, -0.2) is 36.8 Å². The van der Waals surface area contributed by atoms with Gasteiger partial charge in [0.05, 0.1) is 7.11 Å². The van der Waals surface area contributed by atoms with Gasteiger partial charge in [-0.2, -0.15) is 4.31 Å². The second-order valence-electron chi connectivity index (χ2n) is 4.12. The number of rotatable bonds is 5. The highest BCUT2D eigenvalue weighted by Gasteiger charge is 2.22. The van der Waals surface area contributed by atoms with Gasteiger partial charge in [-0.25, -0.2) is 13.4 Å². The zero-order valence-corrected chi connectivity index (χ0v) is 12.0. The second kappa shape index (κ2) is 5.98. The van der Waals surface area contributed by atoms with Gasteiger partial charge in [0.25, 0.3) is 0 Å². The lowest BCUT2D eigenvalue weighted by molar-refractivity contribution is 0.382. The van der Waals surface area contributed by atoms with Crippen molar-refractivity contribution >= 4 is 10.0 Å². The highest BCUT2D eigenvalue weighted by Crippen LogP contribution is 2.20. The summed E-state index contributed by atoms with van der Waals surface area (Å²) in [7, 11) is -0.565. The van der Waals surface area contributed by atoms with Crippen LogP contribution in [0.25, 0.3) is 0 Å². The van der Waals surface area contributed by atoms with Crippen LogP contribution in [-0.2, 0) is 16.6 Å². The summed E-state index contributed by atoms with van der Waals surface area (Å²) in [5, 5.41) is 0. The molecular weight excluding hydrogens is 278 g/mol. The van der Waals surface area contributed by atoms with Gasteiger partial charge in [-0.1, -0.05) is 6.07 Å². The molecule has 6 nitrogen and oxygen atoms in total. The number of nitrogens with zero attached hydrogens (tertiary/aromatic N) is 3. The van der Waals surface area contributed by atoms with Gasteiger partial charge in [0.2, 0.25) is 15.9 Å². The molecule has 0 saturated carbocycles. The van der Waals surface area contributed by atoms with Crippen LogP contribution in [0.3, 0.4) is 0 Å². The molecule has 0 bridgehead atoms. The fourth-order valence-corrected chi connectivity index (χ4v) is 2.85. The van der Waals surface area contributed by atoms with Crippen LogP contribution in [0.5, 0.6) is 5.88 Å². The number of sulfonamides is 1. The third-order valence-corrected chi connectivity index (χ3v) is 4.57. The van der Waals surface area contributed by atoms with Crippen LogP contribution < -0.4 is 4.74 Å². The number of pyridine rings is 2. The molecule has 0 unspecified atom stereocenters. The molecule has 0 aliphatic rings. The summed E-state index contributed by atoms with van der Waals surface area (Å²) in [5.41, 5.74) is 0.699. The SMILES string of the molecule is COc1ncccc1CN(C)S(=O)(=O)c1cccnc1. The largest absolute Gasteiger partial charge is 0.481 e. The highest BCUT2D eigenvalue weighted by molar-refractivity contribution is 7.89. The van der Waals surface area contributed by atoms with E-state index in [1.807, 2.05) is 0 Å². The van der Waals surface area contributed by atoms with Crippen molar-refractivity contribution in [3.05, 3.63) is 48.4 Å². The minimum Gasteiger partial charge on any atom is -0.481 e. The first kappa shape index (κ1) is 14.4. The highest BCUT2D eigenvalue weighted by atomic mass is 32.2. The summed E-state index contributed by atoms with van der Waals surface area (Å²) in [5.74, 6) is 0.417. The average molecular weight is 293 g/mol. The Kier molecular flexibility index (Phi) is 4.31. The van der Waals surface area contributed by atoms with Crippen LogP contribution in [0, 0.1) is 0 Å². The van der Waals surface area contributed by atoms with Crippen molar-refractivity contribution in [3.8, 4) is 5.88 Å². The predicted molar refractivity (Wildman–Crippen MR) is 73.7 cm³/mol. The van der Waals surface area contributed by atoms with Gasteiger partial charge >= 0.3 is 0 Å². The summed E-state index contributed by atoms with van der Waals surface area (Å²) in [6.45, 7) is 0.175. The van der Waals surface area contributed by atoms with Crippen molar-refractivity contribution in [2.75, 3.05) is 14.2 Å². The lowest BCUT2D eigenvalue weighted by Crippen LogP contribution is -2.26. The van der Waals surface area contributed by atoms with Gasteiger partial charge in [-0.05, 0) is 18.2 Å². The van der Waals surface area contributed by atoms with Crippen molar-refractivity contribution in [2.24, 2.45) is 0 Å².